The third-order valence-electron chi connectivity index (χ3n) is 11.9. The van der Waals surface area contributed by atoms with Crippen LogP contribution in [0.5, 0.6) is 0 Å². The molecule has 4 atom stereocenters. The van der Waals surface area contributed by atoms with E-state index >= 15 is 0 Å². The molecule has 3 aromatic carbocycles. The van der Waals surface area contributed by atoms with Gasteiger partial charge in [-0.15, -0.1) is 6.42 Å². The highest BCUT2D eigenvalue weighted by atomic mass is 16.1. The molecule has 306 valence electrons. The molecule has 3 nitrogen and oxygen atoms in total. The predicted molar refractivity (Wildman–Crippen MR) is 250 cm³/mol. The smallest absolute Gasteiger partial charge is 0.235 e. The number of allylic oxidation sites excluding steroid dienone is 14. The summed E-state index contributed by atoms with van der Waals surface area (Å²) in [5.41, 5.74) is 10.9. The van der Waals surface area contributed by atoms with Crippen LogP contribution in [-0.4, -0.2) is 17.3 Å². The van der Waals surface area contributed by atoms with Gasteiger partial charge >= 0.3 is 0 Å². The first-order valence-corrected chi connectivity index (χ1v) is 20.4. The van der Waals surface area contributed by atoms with Gasteiger partial charge in [-0.25, -0.2) is 0 Å². The Morgan fingerprint density at radius 2 is 1.22 bits per heavy atom. The SMILES string of the molecule is C.C#CC(=O)c1ccccc1.C1=CCC=C1.C=C(C)C(=C)C.CC1=C(C)CC(C(=O)c2ccccc2)=CC1.CC1=C(C)C[C@]2(C(=O)c3ccccc3)[C@H]3C=C[C@H](C3)[C@@H]2C1. The van der Waals surface area contributed by atoms with Gasteiger partial charge in [0.2, 0.25) is 5.78 Å². The Morgan fingerprint density at radius 1 is 0.695 bits per heavy atom. The molecule has 0 unspecified atom stereocenters. The second kappa shape index (κ2) is 22.9. The van der Waals surface area contributed by atoms with Crippen molar-refractivity contribution in [3.8, 4) is 12.3 Å². The van der Waals surface area contributed by atoms with Crippen LogP contribution in [0.3, 0.4) is 0 Å². The number of carbonyl (C=O) groups is 3. The van der Waals surface area contributed by atoms with Crippen LogP contribution in [0.25, 0.3) is 0 Å². The van der Waals surface area contributed by atoms with E-state index in [2.05, 4.69) is 83.4 Å². The van der Waals surface area contributed by atoms with Crippen molar-refractivity contribution in [1.82, 2.24) is 0 Å². The van der Waals surface area contributed by atoms with Crippen molar-refractivity contribution < 1.29 is 14.4 Å². The van der Waals surface area contributed by atoms with Crippen LogP contribution in [0.15, 0.2) is 186 Å². The first-order chi connectivity index (χ1) is 27.8. The van der Waals surface area contributed by atoms with Crippen molar-refractivity contribution in [2.45, 2.75) is 87.5 Å². The molecular formula is C56H64O3. The van der Waals surface area contributed by atoms with Crippen LogP contribution in [0.1, 0.15) is 119 Å². The fourth-order valence-corrected chi connectivity index (χ4v) is 8.00. The summed E-state index contributed by atoms with van der Waals surface area (Å²) in [7, 11) is 0. The number of ketones is 3. The van der Waals surface area contributed by atoms with Crippen molar-refractivity contribution in [1.29, 1.82) is 0 Å². The minimum absolute atomic E-state index is 0. The Hall–Kier alpha value is -5.85. The molecule has 3 aromatic rings. The van der Waals surface area contributed by atoms with Crippen LogP contribution < -0.4 is 0 Å². The molecule has 0 saturated heterocycles. The third kappa shape index (κ3) is 12.6. The highest BCUT2D eigenvalue weighted by molar-refractivity contribution is 6.09. The van der Waals surface area contributed by atoms with E-state index in [-0.39, 0.29) is 24.4 Å². The summed E-state index contributed by atoms with van der Waals surface area (Å²) in [4.78, 5) is 36.3. The Kier molecular flexibility index (Phi) is 18.5. The zero-order valence-corrected chi connectivity index (χ0v) is 35.4. The molecule has 5 aliphatic carbocycles. The van der Waals surface area contributed by atoms with Gasteiger partial charge in [-0.05, 0) is 104 Å². The fraction of sp³-hybridized carbons (Fsp3) is 0.304. The lowest BCUT2D eigenvalue weighted by molar-refractivity contribution is 0.0592. The van der Waals surface area contributed by atoms with Gasteiger partial charge < -0.3 is 0 Å². The number of rotatable bonds is 6. The summed E-state index contributed by atoms with van der Waals surface area (Å²) in [6.07, 6.45) is 26.1. The van der Waals surface area contributed by atoms with E-state index in [0.29, 0.717) is 29.1 Å². The minimum Gasteiger partial charge on any atom is -0.294 e. The van der Waals surface area contributed by atoms with E-state index in [0.717, 1.165) is 60.0 Å². The summed E-state index contributed by atoms with van der Waals surface area (Å²) in [6.45, 7) is 19.9. The maximum absolute atomic E-state index is 13.4. The van der Waals surface area contributed by atoms with Gasteiger partial charge in [0.05, 0.1) is 0 Å². The van der Waals surface area contributed by atoms with Crippen molar-refractivity contribution in [3.05, 3.63) is 202 Å². The van der Waals surface area contributed by atoms with Gasteiger partial charge in [-0.2, -0.15) is 0 Å². The van der Waals surface area contributed by atoms with Gasteiger partial charge in [0.25, 0.3) is 0 Å². The van der Waals surface area contributed by atoms with Crippen LogP contribution in [-0.2, 0) is 0 Å². The first kappa shape index (κ1) is 47.5. The van der Waals surface area contributed by atoms with E-state index in [1.165, 1.54) is 28.7 Å². The highest BCUT2D eigenvalue weighted by Crippen LogP contribution is 2.64. The Balaban J connectivity index is 0.000000216. The number of benzene rings is 3. The number of hydrogen-bond acceptors (Lipinski definition) is 3. The number of terminal acetylenes is 1. The molecule has 3 heteroatoms. The molecule has 2 bridgehead atoms. The number of hydrogen-bond donors (Lipinski definition) is 0. The van der Waals surface area contributed by atoms with Crippen molar-refractivity contribution >= 4 is 17.3 Å². The summed E-state index contributed by atoms with van der Waals surface area (Å²) >= 11 is 0. The third-order valence-corrected chi connectivity index (χ3v) is 11.9. The van der Waals surface area contributed by atoms with Crippen LogP contribution in [0.2, 0.25) is 0 Å². The zero-order valence-electron chi connectivity index (χ0n) is 35.4. The standard InChI is InChI=1S/C20H22O.C15H16O.C9H6O.C6H10.C5H6.CH4/c1-13-10-18-16-8-9-17(11-16)20(18,12-14(13)2)19(21)15-6-4-3-5-7-15;1-11-8-9-14(10-12(11)2)15(16)13-6-4-3-5-7-13;1-2-9(10)8-6-4-3-5-7-8;1-5(2)6(3)4;1-2-4-5-3-1;/h3-9,16-18H,10-12H2,1-2H3;3-7,9H,8,10H2,1-2H3;1,3-7H;1,3H2,2,4H3;1-4H,5H2;1H4/t16-,17+,18+,20+;;;;;/m1...../s1. The molecule has 59 heavy (non-hydrogen) atoms. The lowest BCUT2D eigenvalue weighted by Gasteiger charge is -2.45. The first-order valence-electron chi connectivity index (χ1n) is 20.4. The molecule has 5 aliphatic rings. The molecule has 1 saturated carbocycles. The maximum atomic E-state index is 13.4. The van der Waals surface area contributed by atoms with Gasteiger partial charge in [-0.3, -0.25) is 14.4 Å². The Morgan fingerprint density at radius 3 is 1.69 bits per heavy atom. The molecule has 1 fully saturated rings. The number of carbonyl (C=O) groups excluding carboxylic acids is 3. The quantitative estimate of drug-likeness (QED) is 0.0822. The van der Waals surface area contributed by atoms with E-state index in [1.54, 1.807) is 24.3 Å². The lowest BCUT2D eigenvalue weighted by atomic mass is 9.57. The predicted octanol–water partition coefficient (Wildman–Crippen LogP) is 14.5. The molecule has 8 rings (SSSR count). The molecule has 0 heterocycles. The summed E-state index contributed by atoms with van der Waals surface area (Å²) in [5.74, 6) is 3.92. The molecular weight excluding hydrogens is 721 g/mol. The van der Waals surface area contributed by atoms with Gasteiger partial charge in [0.15, 0.2) is 11.6 Å². The van der Waals surface area contributed by atoms with Crippen molar-refractivity contribution in [2.75, 3.05) is 0 Å². The van der Waals surface area contributed by atoms with Crippen molar-refractivity contribution in [3.63, 3.8) is 0 Å². The molecule has 0 radical (unpaired) electrons. The van der Waals surface area contributed by atoms with E-state index in [4.69, 9.17) is 6.42 Å². The second-order valence-electron chi connectivity index (χ2n) is 16.0. The van der Waals surface area contributed by atoms with Crippen LogP contribution in [0.4, 0.5) is 0 Å². The van der Waals surface area contributed by atoms with Crippen LogP contribution >= 0.6 is 0 Å². The van der Waals surface area contributed by atoms with E-state index in [1.807, 2.05) is 86.5 Å². The average molecular weight is 785 g/mol. The van der Waals surface area contributed by atoms with E-state index < -0.39 is 0 Å². The summed E-state index contributed by atoms with van der Waals surface area (Å²) in [6, 6.07) is 28.2. The zero-order chi connectivity index (χ0) is 42.2. The Labute approximate surface area is 355 Å². The summed E-state index contributed by atoms with van der Waals surface area (Å²) < 4.78 is 0. The Bertz CT molecular complexity index is 2160. The minimum atomic E-state index is -0.263. The maximum Gasteiger partial charge on any atom is 0.235 e. The topological polar surface area (TPSA) is 51.2 Å². The molecule has 0 aliphatic heterocycles. The second-order valence-corrected chi connectivity index (χ2v) is 16.0. The molecule has 0 amide bonds. The number of fused-ring (bicyclic) bond motifs is 5. The lowest BCUT2D eigenvalue weighted by Crippen LogP contribution is -2.44. The molecule has 0 spiro atoms. The molecule has 0 aromatic heterocycles. The van der Waals surface area contributed by atoms with Crippen molar-refractivity contribution in [2.24, 2.45) is 23.2 Å². The van der Waals surface area contributed by atoms with Crippen LogP contribution in [0, 0.1) is 35.5 Å². The van der Waals surface area contributed by atoms with Gasteiger partial charge in [0.1, 0.15) is 0 Å². The molecule has 0 N–H and O–H groups in total. The highest BCUT2D eigenvalue weighted by Gasteiger charge is 2.60. The summed E-state index contributed by atoms with van der Waals surface area (Å²) in [5, 5.41) is 0. The average Bonchev–Trinajstić information content (AvgIpc) is 4.05. The fourth-order valence-electron chi connectivity index (χ4n) is 8.00. The van der Waals surface area contributed by atoms with Gasteiger partial charge in [0, 0.05) is 27.7 Å². The largest absolute Gasteiger partial charge is 0.294 e. The normalized spacial score (nSPS) is 21.2. The number of Topliss-reactive ketones (excluding diaryl/α,β-unsaturated/α-hetero) is 3. The monoisotopic (exact) mass is 784 g/mol. The van der Waals surface area contributed by atoms with E-state index in [9.17, 15) is 14.4 Å². The van der Waals surface area contributed by atoms with Gasteiger partial charge in [-0.1, -0.05) is 188 Å².